The molecule has 0 aliphatic heterocycles. The highest BCUT2D eigenvalue weighted by Crippen LogP contribution is 2.41. The molecule has 0 amide bonds. The molecule has 0 saturated carbocycles. The summed E-state index contributed by atoms with van der Waals surface area (Å²) in [7, 11) is 0. The highest BCUT2D eigenvalue weighted by atomic mass is 19.3. The van der Waals surface area contributed by atoms with Crippen molar-refractivity contribution in [3.8, 4) is 0 Å². The van der Waals surface area contributed by atoms with Crippen LogP contribution in [0.2, 0.25) is 0 Å². The maximum atomic E-state index is 13.6. The van der Waals surface area contributed by atoms with Crippen LogP contribution in [0.15, 0.2) is 18.2 Å². The van der Waals surface area contributed by atoms with E-state index in [2.05, 4.69) is 0 Å². The Morgan fingerprint density at radius 1 is 1.44 bits per heavy atom. The summed E-state index contributed by atoms with van der Waals surface area (Å²) in [4.78, 5) is 22.6. The van der Waals surface area contributed by atoms with Crippen molar-refractivity contribution in [2.75, 3.05) is 0 Å². The predicted molar refractivity (Wildman–Crippen MR) is 59.6 cm³/mol. The molecule has 0 spiro atoms. The van der Waals surface area contributed by atoms with E-state index in [1.165, 1.54) is 6.07 Å². The lowest BCUT2D eigenvalue weighted by molar-refractivity contribution is -0.150. The molecule has 96 valence electrons. The van der Waals surface area contributed by atoms with Crippen molar-refractivity contribution < 1.29 is 23.1 Å². The Morgan fingerprint density at radius 3 is 2.72 bits per heavy atom. The van der Waals surface area contributed by atoms with Crippen molar-refractivity contribution in [2.45, 2.75) is 32.3 Å². The molecule has 2 rings (SSSR count). The van der Waals surface area contributed by atoms with Crippen LogP contribution in [0.1, 0.15) is 40.9 Å². The highest BCUT2D eigenvalue weighted by molar-refractivity contribution is 6.04. The van der Waals surface area contributed by atoms with E-state index in [1.54, 1.807) is 19.1 Å². The first-order valence-corrected chi connectivity index (χ1v) is 5.51. The van der Waals surface area contributed by atoms with Gasteiger partial charge in [0.05, 0.1) is 6.42 Å². The van der Waals surface area contributed by atoms with Crippen LogP contribution in [0, 0.1) is 6.92 Å². The third kappa shape index (κ3) is 2.12. The first-order valence-electron chi connectivity index (χ1n) is 5.51. The molecule has 1 aromatic rings. The Kier molecular flexibility index (Phi) is 2.92. The molecule has 0 fully saturated rings. The van der Waals surface area contributed by atoms with Crippen molar-refractivity contribution in [3.05, 3.63) is 34.9 Å². The van der Waals surface area contributed by atoms with Gasteiger partial charge in [0.25, 0.3) is 0 Å². The second kappa shape index (κ2) is 4.15. The fourth-order valence-electron chi connectivity index (χ4n) is 2.09. The number of hydrogen-bond acceptors (Lipinski definition) is 3. The number of ketones is 1. The molecule has 18 heavy (non-hydrogen) atoms. The summed E-state index contributed by atoms with van der Waals surface area (Å²) >= 11 is 0. The van der Waals surface area contributed by atoms with Gasteiger partial charge in [0.1, 0.15) is 6.10 Å². The summed E-state index contributed by atoms with van der Waals surface area (Å²) in [6.45, 7) is 2.86. The van der Waals surface area contributed by atoms with E-state index in [0.29, 0.717) is 11.1 Å². The normalized spacial score (nSPS) is 21.3. The minimum Gasteiger partial charge on any atom is -0.457 e. The fourth-order valence-corrected chi connectivity index (χ4v) is 2.09. The number of benzene rings is 1. The number of esters is 1. The van der Waals surface area contributed by atoms with Gasteiger partial charge in [0, 0.05) is 18.1 Å². The van der Waals surface area contributed by atoms with Crippen LogP contribution >= 0.6 is 0 Å². The van der Waals surface area contributed by atoms with Crippen molar-refractivity contribution in [3.63, 3.8) is 0 Å². The first-order chi connectivity index (χ1) is 8.31. The molecule has 1 aliphatic rings. The Labute approximate surface area is 103 Å². The summed E-state index contributed by atoms with van der Waals surface area (Å²) in [6, 6.07) is 4.67. The molecule has 0 radical (unpaired) electrons. The van der Waals surface area contributed by atoms with Gasteiger partial charge in [-0.1, -0.05) is 17.7 Å². The average molecular weight is 254 g/mol. The third-order valence-corrected chi connectivity index (χ3v) is 2.88. The van der Waals surface area contributed by atoms with E-state index in [1.807, 2.05) is 0 Å². The SMILES string of the molecule is CC(=O)OC1CC(F)(F)C(=O)c2cc(C)ccc21. The number of ether oxygens (including phenoxy) is 1. The molecule has 1 atom stereocenters. The van der Waals surface area contributed by atoms with Crippen LogP contribution in [-0.4, -0.2) is 17.7 Å². The van der Waals surface area contributed by atoms with Crippen molar-refractivity contribution in [1.82, 2.24) is 0 Å². The van der Waals surface area contributed by atoms with Gasteiger partial charge in [-0.15, -0.1) is 0 Å². The van der Waals surface area contributed by atoms with Gasteiger partial charge in [-0.3, -0.25) is 9.59 Å². The zero-order chi connectivity index (χ0) is 13.5. The maximum absolute atomic E-state index is 13.6. The molecular formula is C13H12F2O3. The minimum atomic E-state index is -3.49. The van der Waals surface area contributed by atoms with Gasteiger partial charge >= 0.3 is 11.9 Å². The third-order valence-electron chi connectivity index (χ3n) is 2.88. The molecule has 0 N–H and O–H groups in total. The van der Waals surface area contributed by atoms with Gasteiger partial charge in [0.15, 0.2) is 0 Å². The molecule has 5 heteroatoms. The molecule has 1 aromatic carbocycles. The Hall–Kier alpha value is -1.78. The average Bonchev–Trinajstić information content (AvgIpc) is 2.24. The van der Waals surface area contributed by atoms with E-state index >= 15 is 0 Å². The number of rotatable bonds is 1. The lowest BCUT2D eigenvalue weighted by atomic mass is 9.85. The van der Waals surface area contributed by atoms with Crippen LogP contribution in [-0.2, 0) is 9.53 Å². The van der Waals surface area contributed by atoms with Gasteiger partial charge in [-0.25, -0.2) is 0 Å². The summed E-state index contributed by atoms with van der Waals surface area (Å²) in [5.41, 5.74) is 1.01. The maximum Gasteiger partial charge on any atom is 0.313 e. The van der Waals surface area contributed by atoms with Crippen molar-refractivity contribution in [1.29, 1.82) is 0 Å². The Morgan fingerprint density at radius 2 is 2.11 bits per heavy atom. The monoisotopic (exact) mass is 254 g/mol. The van der Waals surface area contributed by atoms with Gasteiger partial charge in [-0.05, 0) is 13.0 Å². The van der Waals surface area contributed by atoms with Crippen LogP contribution in [0.25, 0.3) is 0 Å². The van der Waals surface area contributed by atoms with Crippen molar-refractivity contribution >= 4 is 11.8 Å². The number of aryl methyl sites for hydroxylation is 1. The number of alkyl halides is 2. The number of carbonyl (C=O) groups excluding carboxylic acids is 2. The fraction of sp³-hybridized carbons (Fsp3) is 0.385. The smallest absolute Gasteiger partial charge is 0.313 e. The zero-order valence-corrected chi connectivity index (χ0v) is 10.00. The van der Waals surface area contributed by atoms with Gasteiger partial charge in [0.2, 0.25) is 5.78 Å². The lowest BCUT2D eigenvalue weighted by Gasteiger charge is -2.29. The Balaban J connectivity index is 2.52. The number of halogens is 2. The molecular weight excluding hydrogens is 242 g/mol. The zero-order valence-electron chi connectivity index (χ0n) is 10.00. The summed E-state index contributed by atoms with van der Waals surface area (Å²) in [5, 5.41) is 0. The van der Waals surface area contributed by atoms with E-state index in [0.717, 1.165) is 6.92 Å². The lowest BCUT2D eigenvalue weighted by Crippen LogP contribution is -2.37. The van der Waals surface area contributed by atoms with Crippen LogP contribution < -0.4 is 0 Å². The van der Waals surface area contributed by atoms with E-state index in [-0.39, 0.29) is 5.56 Å². The summed E-state index contributed by atoms with van der Waals surface area (Å²) in [6.07, 6.45) is -1.85. The molecule has 1 aliphatic carbocycles. The number of fused-ring (bicyclic) bond motifs is 1. The largest absolute Gasteiger partial charge is 0.457 e. The molecule has 0 aromatic heterocycles. The number of hydrogen-bond donors (Lipinski definition) is 0. The first kappa shape index (κ1) is 12.7. The molecule has 1 unspecified atom stereocenters. The van der Waals surface area contributed by atoms with Crippen LogP contribution in [0.3, 0.4) is 0 Å². The molecule has 0 saturated heterocycles. The summed E-state index contributed by atoms with van der Waals surface area (Å²) < 4.78 is 32.0. The minimum absolute atomic E-state index is 0.0579. The quantitative estimate of drug-likeness (QED) is 0.724. The Bertz CT molecular complexity index is 523. The molecule has 0 heterocycles. The van der Waals surface area contributed by atoms with Gasteiger partial charge in [-0.2, -0.15) is 8.78 Å². The predicted octanol–water partition coefficient (Wildman–Crippen LogP) is 2.82. The summed E-state index contributed by atoms with van der Waals surface area (Å²) in [5.74, 6) is -5.33. The van der Waals surface area contributed by atoms with E-state index in [4.69, 9.17) is 4.74 Å². The molecule has 3 nitrogen and oxygen atoms in total. The van der Waals surface area contributed by atoms with Gasteiger partial charge < -0.3 is 4.74 Å². The number of Topliss-reactive ketones (excluding diaryl/α,β-unsaturated/α-hetero) is 1. The second-order valence-electron chi connectivity index (χ2n) is 4.43. The standard InChI is InChI=1S/C13H12F2O3/c1-7-3-4-9-10(5-7)12(17)13(14,15)6-11(9)18-8(2)16/h3-5,11H,6H2,1-2H3. The van der Waals surface area contributed by atoms with Crippen LogP contribution in [0.5, 0.6) is 0 Å². The van der Waals surface area contributed by atoms with Crippen molar-refractivity contribution in [2.24, 2.45) is 0 Å². The van der Waals surface area contributed by atoms with Crippen LogP contribution in [0.4, 0.5) is 8.78 Å². The number of carbonyl (C=O) groups is 2. The topological polar surface area (TPSA) is 43.4 Å². The van der Waals surface area contributed by atoms with E-state index < -0.39 is 30.2 Å². The highest BCUT2D eigenvalue weighted by Gasteiger charge is 2.48. The van der Waals surface area contributed by atoms with E-state index in [9.17, 15) is 18.4 Å². The molecule has 0 bridgehead atoms. The second-order valence-corrected chi connectivity index (χ2v) is 4.43.